The van der Waals surface area contributed by atoms with Gasteiger partial charge in [0, 0.05) is 5.56 Å². The van der Waals surface area contributed by atoms with Crippen molar-refractivity contribution in [3.63, 3.8) is 0 Å². The number of fused-ring (bicyclic) bond motifs is 1. The Bertz CT molecular complexity index is 858. The van der Waals surface area contributed by atoms with Gasteiger partial charge in [0.2, 0.25) is 0 Å². The average Bonchev–Trinajstić information content (AvgIpc) is 3.09. The van der Waals surface area contributed by atoms with E-state index >= 15 is 0 Å². The van der Waals surface area contributed by atoms with Crippen molar-refractivity contribution in [3.05, 3.63) is 53.1 Å². The Hall–Kier alpha value is -2.99. The van der Waals surface area contributed by atoms with Crippen molar-refractivity contribution in [1.82, 2.24) is 0 Å². The van der Waals surface area contributed by atoms with Crippen LogP contribution in [0.1, 0.15) is 28.7 Å². The van der Waals surface area contributed by atoms with Crippen LogP contribution in [0, 0.1) is 0 Å². The number of aliphatic hydroxyl groups is 1. The van der Waals surface area contributed by atoms with Crippen molar-refractivity contribution < 1.29 is 28.8 Å². The molecule has 6 nitrogen and oxygen atoms in total. The molecule has 1 aliphatic heterocycles. The molecule has 1 N–H and O–H groups in total. The molecular formula is C21H22O6. The molecule has 0 saturated carbocycles. The highest BCUT2D eigenvalue weighted by Crippen LogP contribution is 2.51. The van der Waals surface area contributed by atoms with Gasteiger partial charge in [-0.3, -0.25) is 4.79 Å². The fourth-order valence-corrected chi connectivity index (χ4v) is 3.34. The molecule has 0 bridgehead atoms. The number of aliphatic hydroxyl groups excluding tert-OH is 1. The monoisotopic (exact) mass is 370 g/mol. The van der Waals surface area contributed by atoms with E-state index in [1.165, 1.54) is 6.08 Å². The molecule has 0 spiro atoms. The van der Waals surface area contributed by atoms with Gasteiger partial charge >= 0.3 is 0 Å². The van der Waals surface area contributed by atoms with Crippen molar-refractivity contribution in [1.29, 1.82) is 0 Å². The van der Waals surface area contributed by atoms with Gasteiger partial charge in [-0.1, -0.05) is 12.1 Å². The number of hydrogen-bond acceptors (Lipinski definition) is 6. The zero-order chi connectivity index (χ0) is 19.4. The number of benzene rings is 2. The van der Waals surface area contributed by atoms with E-state index in [2.05, 4.69) is 0 Å². The van der Waals surface area contributed by atoms with Gasteiger partial charge in [-0.2, -0.15) is 0 Å². The van der Waals surface area contributed by atoms with E-state index in [9.17, 15) is 9.90 Å². The van der Waals surface area contributed by atoms with Crippen LogP contribution in [-0.2, 0) is 4.79 Å². The van der Waals surface area contributed by atoms with E-state index < -0.39 is 6.10 Å². The van der Waals surface area contributed by atoms with Gasteiger partial charge in [0.25, 0.3) is 0 Å². The molecular weight excluding hydrogens is 348 g/mol. The maximum atomic E-state index is 10.6. The first-order valence-electron chi connectivity index (χ1n) is 8.50. The number of hydrogen-bond donors (Lipinski definition) is 1. The number of rotatable bonds is 7. The number of ether oxygens (including phenoxy) is 4. The Labute approximate surface area is 157 Å². The minimum atomic E-state index is -0.399. The third kappa shape index (κ3) is 3.48. The van der Waals surface area contributed by atoms with Crippen molar-refractivity contribution >= 4 is 12.4 Å². The zero-order valence-corrected chi connectivity index (χ0v) is 15.5. The standard InChI is InChI=1S/C21H22O6/c1-24-17-7-6-14(11-18(17)25-2)20-16(12-23)15-9-13(5-4-8-22)10-19(26-3)21(15)27-20/h4-11,16,20,23H,12H2,1-3H3/t16-,20-/m1/s1. The van der Waals surface area contributed by atoms with Crippen LogP contribution in [-0.4, -0.2) is 39.3 Å². The Balaban J connectivity index is 2.05. The smallest absolute Gasteiger partial charge is 0.165 e. The molecule has 0 aromatic heterocycles. The first-order valence-corrected chi connectivity index (χ1v) is 8.50. The van der Waals surface area contributed by atoms with E-state index in [0.29, 0.717) is 29.3 Å². The maximum Gasteiger partial charge on any atom is 0.165 e. The van der Waals surface area contributed by atoms with Crippen LogP contribution in [0.25, 0.3) is 6.08 Å². The molecule has 2 aromatic carbocycles. The molecule has 1 heterocycles. The molecule has 0 amide bonds. The summed E-state index contributed by atoms with van der Waals surface area (Å²) in [5.41, 5.74) is 2.49. The second kappa shape index (κ2) is 8.14. The lowest BCUT2D eigenvalue weighted by Crippen LogP contribution is -2.13. The summed E-state index contributed by atoms with van der Waals surface area (Å²) in [6.07, 6.45) is 3.42. The summed E-state index contributed by atoms with van der Waals surface area (Å²) in [6, 6.07) is 9.24. The lowest BCUT2D eigenvalue weighted by Gasteiger charge is -2.19. The van der Waals surface area contributed by atoms with Gasteiger partial charge in [0.1, 0.15) is 12.4 Å². The quantitative estimate of drug-likeness (QED) is 0.596. The predicted octanol–water partition coefficient (Wildman–Crippen LogP) is 3.13. The zero-order valence-electron chi connectivity index (χ0n) is 15.5. The lowest BCUT2D eigenvalue weighted by atomic mass is 9.90. The molecule has 0 unspecified atom stereocenters. The highest BCUT2D eigenvalue weighted by Gasteiger charge is 2.37. The van der Waals surface area contributed by atoms with Crippen LogP contribution in [0.3, 0.4) is 0 Å². The lowest BCUT2D eigenvalue weighted by molar-refractivity contribution is -0.104. The van der Waals surface area contributed by atoms with Crippen molar-refractivity contribution in [2.24, 2.45) is 0 Å². The first-order chi connectivity index (χ1) is 13.2. The molecule has 0 fully saturated rings. The molecule has 0 aliphatic carbocycles. The first kappa shape index (κ1) is 18.8. The molecule has 2 atom stereocenters. The number of carbonyl (C=O) groups excluding carboxylic acids is 1. The molecule has 0 saturated heterocycles. The Morgan fingerprint density at radius 2 is 1.78 bits per heavy atom. The van der Waals surface area contributed by atoms with Crippen molar-refractivity contribution in [3.8, 4) is 23.0 Å². The highest BCUT2D eigenvalue weighted by atomic mass is 16.5. The molecule has 6 heteroatoms. The van der Waals surface area contributed by atoms with Crippen molar-refractivity contribution in [2.75, 3.05) is 27.9 Å². The minimum absolute atomic E-state index is 0.101. The van der Waals surface area contributed by atoms with Gasteiger partial charge in [-0.05, 0) is 41.5 Å². The van der Waals surface area contributed by atoms with Gasteiger partial charge in [0.15, 0.2) is 23.0 Å². The van der Waals surface area contributed by atoms with E-state index in [1.54, 1.807) is 33.5 Å². The van der Waals surface area contributed by atoms with E-state index in [4.69, 9.17) is 18.9 Å². The Kier molecular flexibility index (Phi) is 5.66. The third-order valence-corrected chi connectivity index (χ3v) is 4.64. The van der Waals surface area contributed by atoms with Crippen LogP contribution < -0.4 is 18.9 Å². The predicted molar refractivity (Wildman–Crippen MR) is 101 cm³/mol. The van der Waals surface area contributed by atoms with Gasteiger partial charge < -0.3 is 24.1 Å². The Morgan fingerprint density at radius 3 is 2.41 bits per heavy atom. The summed E-state index contributed by atoms with van der Waals surface area (Å²) in [4.78, 5) is 10.6. The number of allylic oxidation sites excluding steroid dienone is 1. The largest absolute Gasteiger partial charge is 0.493 e. The molecule has 1 aliphatic rings. The second-order valence-electron chi connectivity index (χ2n) is 6.08. The average molecular weight is 370 g/mol. The van der Waals surface area contributed by atoms with E-state index in [0.717, 1.165) is 16.7 Å². The molecule has 142 valence electrons. The SMILES string of the molecule is COc1ccc([C@H]2Oc3c(OC)cc(C=CC=O)cc3[C@H]2CO)cc1OC. The van der Waals surface area contributed by atoms with Gasteiger partial charge in [0.05, 0.1) is 33.9 Å². The summed E-state index contributed by atoms with van der Waals surface area (Å²) in [5, 5.41) is 10.1. The molecule has 3 rings (SSSR count). The van der Waals surface area contributed by atoms with Crippen molar-refractivity contribution in [2.45, 2.75) is 12.0 Å². The van der Waals surface area contributed by atoms with Crippen LogP contribution in [0.5, 0.6) is 23.0 Å². The van der Waals surface area contributed by atoms with Crippen LogP contribution >= 0.6 is 0 Å². The molecule has 2 aromatic rings. The summed E-state index contributed by atoms with van der Waals surface area (Å²) in [6.45, 7) is -0.101. The fourth-order valence-electron chi connectivity index (χ4n) is 3.34. The second-order valence-corrected chi connectivity index (χ2v) is 6.08. The third-order valence-electron chi connectivity index (χ3n) is 4.64. The highest BCUT2D eigenvalue weighted by molar-refractivity contribution is 5.75. The minimum Gasteiger partial charge on any atom is -0.493 e. The summed E-state index contributed by atoms with van der Waals surface area (Å²) >= 11 is 0. The van der Waals surface area contributed by atoms with Gasteiger partial charge in [-0.15, -0.1) is 0 Å². The van der Waals surface area contributed by atoms with Crippen LogP contribution in [0.2, 0.25) is 0 Å². The molecule has 0 radical (unpaired) electrons. The summed E-state index contributed by atoms with van der Waals surface area (Å²) in [5.74, 6) is 2.08. The number of aldehydes is 1. The fraction of sp³-hybridized carbons (Fsp3) is 0.286. The normalized spacial score (nSPS) is 18.1. The number of methoxy groups -OCH3 is 3. The van der Waals surface area contributed by atoms with E-state index in [1.807, 2.05) is 24.3 Å². The Morgan fingerprint density at radius 1 is 1.04 bits per heavy atom. The summed E-state index contributed by atoms with van der Waals surface area (Å²) < 4.78 is 22.3. The molecule has 27 heavy (non-hydrogen) atoms. The maximum absolute atomic E-state index is 10.6. The topological polar surface area (TPSA) is 74.2 Å². The summed E-state index contributed by atoms with van der Waals surface area (Å²) in [7, 11) is 4.71. The van der Waals surface area contributed by atoms with Gasteiger partial charge in [-0.25, -0.2) is 0 Å². The number of carbonyl (C=O) groups is 1. The van der Waals surface area contributed by atoms with Crippen LogP contribution in [0.15, 0.2) is 36.4 Å². The van der Waals surface area contributed by atoms with Crippen LogP contribution in [0.4, 0.5) is 0 Å². The van der Waals surface area contributed by atoms with E-state index in [-0.39, 0.29) is 12.5 Å².